The van der Waals surface area contributed by atoms with Gasteiger partial charge in [0.2, 0.25) is 0 Å². The number of hydrogen-bond donors (Lipinski definition) is 1. The van der Waals surface area contributed by atoms with Crippen LogP contribution in [0.4, 0.5) is 10.1 Å². The molecule has 1 aromatic carbocycles. The second kappa shape index (κ2) is 6.44. The SMILES string of the molecule is Cc1cc(F)ccc1N1CCC(S(=O)CC(C)(C)O)CC1. The molecule has 0 amide bonds. The lowest BCUT2D eigenvalue weighted by atomic mass is 10.1. The van der Waals surface area contributed by atoms with Gasteiger partial charge in [0, 0.05) is 34.8 Å². The molecule has 0 bridgehead atoms. The number of halogens is 1. The van der Waals surface area contributed by atoms with Gasteiger partial charge < -0.3 is 10.0 Å². The van der Waals surface area contributed by atoms with Crippen molar-refractivity contribution in [3.8, 4) is 0 Å². The minimum absolute atomic E-state index is 0.147. The van der Waals surface area contributed by atoms with Gasteiger partial charge >= 0.3 is 0 Å². The topological polar surface area (TPSA) is 40.5 Å². The van der Waals surface area contributed by atoms with E-state index in [0.29, 0.717) is 5.75 Å². The number of aliphatic hydroxyl groups is 1. The molecule has 0 radical (unpaired) electrons. The van der Waals surface area contributed by atoms with Crippen molar-refractivity contribution in [2.24, 2.45) is 0 Å². The quantitative estimate of drug-likeness (QED) is 0.929. The molecule has 0 saturated carbocycles. The molecule has 1 saturated heterocycles. The van der Waals surface area contributed by atoms with Crippen LogP contribution < -0.4 is 4.90 Å². The monoisotopic (exact) mass is 313 g/mol. The molecule has 21 heavy (non-hydrogen) atoms. The predicted octanol–water partition coefficient (Wildman–Crippen LogP) is 2.62. The van der Waals surface area contributed by atoms with Gasteiger partial charge in [-0.15, -0.1) is 0 Å². The number of rotatable bonds is 4. The Balaban J connectivity index is 1.95. The highest BCUT2D eigenvalue weighted by Gasteiger charge is 2.28. The van der Waals surface area contributed by atoms with E-state index in [1.54, 1.807) is 19.9 Å². The Morgan fingerprint density at radius 3 is 2.52 bits per heavy atom. The third kappa shape index (κ3) is 4.51. The van der Waals surface area contributed by atoms with Gasteiger partial charge in [0.1, 0.15) is 5.82 Å². The van der Waals surface area contributed by atoms with Crippen molar-refractivity contribution in [2.75, 3.05) is 23.7 Å². The van der Waals surface area contributed by atoms with Crippen LogP contribution in [0.5, 0.6) is 0 Å². The molecule has 2 rings (SSSR count). The number of piperidine rings is 1. The van der Waals surface area contributed by atoms with Crippen molar-refractivity contribution in [3.63, 3.8) is 0 Å². The Morgan fingerprint density at radius 2 is 2.00 bits per heavy atom. The number of aryl methyl sites for hydroxylation is 1. The maximum Gasteiger partial charge on any atom is 0.123 e. The summed E-state index contributed by atoms with van der Waals surface area (Å²) in [6.07, 6.45) is 1.69. The molecule has 0 aromatic heterocycles. The van der Waals surface area contributed by atoms with Crippen LogP contribution in [0.1, 0.15) is 32.3 Å². The predicted molar refractivity (Wildman–Crippen MR) is 85.7 cm³/mol. The highest BCUT2D eigenvalue weighted by atomic mass is 32.2. The smallest absolute Gasteiger partial charge is 0.123 e. The van der Waals surface area contributed by atoms with Crippen molar-refractivity contribution >= 4 is 16.5 Å². The fourth-order valence-corrected chi connectivity index (χ4v) is 4.47. The molecule has 118 valence electrons. The van der Waals surface area contributed by atoms with Crippen molar-refractivity contribution in [1.29, 1.82) is 0 Å². The maximum atomic E-state index is 13.2. The Labute approximate surface area is 128 Å². The lowest BCUT2D eigenvalue weighted by Gasteiger charge is -2.34. The molecule has 0 spiro atoms. The van der Waals surface area contributed by atoms with Crippen LogP contribution in [0.15, 0.2) is 18.2 Å². The zero-order valence-electron chi connectivity index (χ0n) is 12.9. The van der Waals surface area contributed by atoms with Crippen molar-refractivity contribution in [3.05, 3.63) is 29.6 Å². The van der Waals surface area contributed by atoms with Gasteiger partial charge in [-0.1, -0.05) is 0 Å². The second-order valence-corrected chi connectivity index (χ2v) is 8.17. The molecule has 1 aromatic rings. The van der Waals surface area contributed by atoms with Gasteiger partial charge in [-0.2, -0.15) is 0 Å². The molecule has 1 aliphatic rings. The van der Waals surface area contributed by atoms with Crippen LogP contribution in [0.25, 0.3) is 0 Å². The summed E-state index contributed by atoms with van der Waals surface area (Å²) < 4.78 is 25.4. The van der Waals surface area contributed by atoms with Crippen LogP contribution in [-0.4, -0.2) is 39.0 Å². The van der Waals surface area contributed by atoms with Crippen LogP contribution in [0, 0.1) is 12.7 Å². The highest BCUT2D eigenvalue weighted by Crippen LogP contribution is 2.26. The molecule has 1 atom stereocenters. The first-order valence-corrected chi connectivity index (χ1v) is 8.75. The van der Waals surface area contributed by atoms with E-state index in [-0.39, 0.29) is 11.1 Å². The normalized spacial score (nSPS) is 18.8. The van der Waals surface area contributed by atoms with Crippen LogP contribution in [0.2, 0.25) is 0 Å². The maximum absolute atomic E-state index is 13.2. The number of nitrogens with zero attached hydrogens (tertiary/aromatic N) is 1. The third-order valence-electron chi connectivity index (χ3n) is 3.81. The van der Waals surface area contributed by atoms with Crippen LogP contribution in [-0.2, 0) is 10.8 Å². The summed E-state index contributed by atoms with van der Waals surface area (Å²) in [6.45, 7) is 6.96. The van der Waals surface area contributed by atoms with Gasteiger partial charge in [-0.25, -0.2) is 4.39 Å². The molecule has 1 N–H and O–H groups in total. The Hall–Kier alpha value is -0.940. The van der Waals surface area contributed by atoms with E-state index in [2.05, 4.69) is 4.90 Å². The summed E-state index contributed by atoms with van der Waals surface area (Å²) in [4.78, 5) is 2.23. The van der Waals surface area contributed by atoms with Crippen LogP contribution >= 0.6 is 0 Å². The number of hydrogen-bond acceptors (Lipinski definition) is 3. The third-order valence-corrected chi connectivity index (χ3v) is 6.01. The summed E-state index contributed by atoms with van der Waals surface area (Å²) in [7, 11) is -0.993. The molecule has 1 unspecified atom stereocenters. The Morgan fingerprint density at radius 1 is 1.38 bits per heavy atom. The summed E-state index contributed by atoms with van der Waals surface area (Å²) in [5, 5.41) is 9.92. The standard InChI is InChI=1S/C16H24FNO2S/c1-12-10-13(17)4-5-15(12)18-8-6-14(7-9-18)21(20)11-16(2,3)19/h4-5,10,14,19H,6-9,11H2,1-3H3. The molecular formula is C16H24FNO2S. The molecule has 1 aliphatic heterocycles. The molecule has 0 aliphatic carbocycles. The summed E-state index contributed by atoms with van der Waals surface area (Å²) in [6, 6.07) is 4.85. The Bertz CT molecular complexity index is 519. The number of anilines is 1. The largest absolute Gasteiger partial charge is 0.390 e. The van der Waals surface area contributed by atoms with Gasteiger partial charge in [0.05, 0.1) is 11.4 Å². The fourth-order valence-electron chi connectivity index (χ4n) is 2.80. The average Bonchev–Trinajstić information content (AvgIpc) is 2.37. The summed E-state index contributed by atoms with van der Waals surface area (Å²) >= 11 is 0. The molecule has 1 heterocycles. The van der Waals surface area contributed by atoms with Gasteiger partial charge in [0.15, 0.2) is 0 Å². The average molecular weight is 313 g/mol. The first-order valence-electron chi connectivity index (χ1n) is 7.37. The summed E-state index contributed by atoms with van der Waals surface area (Å²) in [5.74, 6) is 0.116. The van der Waals surface area contributed by atoms with Gasteiger partial charge in [-0.05, 0) is 57.4 Å². The van der Waals surface area contributed by atoms with E-state index in [1.165, 1.54) is 6.07 Å². The van der Waals surface area contributed by atoms with E-state index < -0.39 is 16.4 Å². The molecule has 3 nitrogen and oxygen atoms in total. The Kier molecular flexibility index (Phi) is 5.04. The zero-order chi connectivity index (χ0) is 15.6. The zero-order valence-corrected chi connectivity index (χ0v) is 13.8. The second-order valence-electron chi connectivity index (χ2n) is 6.45. The lowest BCUT2D eigenvalue weighted by molar-refractivity contribution is 0.105. The van der Waals surface area contributed by atoms with Crippen molar-refractivity contribution < 1.29 is 13.7 Å². The number of benzene rings is 1. The lowest BCUT2D eigenvalue weighted by Crippen LogP contribution is -2.40. The fraction of sp³-hybridized carbons (Fsp3) is 0.625. The first kappa shape index (κ1) is 16.4. The van der Waals surface area contributed by atoms with Crippen molar-refractivity contribution in [1.82, 2.24) is 0 Å². The van der Waals surface area contributed by atoms with Crippen molar-refractivity contribution in [2.45, 2.75) is 44.5 Å². The van der Waals surface area contributed by atoms with Gasteiger partial charge in [-0.3, -0.25) is 4.21 Å². The van der Waals surface area contributed by atoms with E-state index in [0.717, 1.165) is 37.2 Å². The van der Waals surface area contributed by atoms with E-state index in [9.17, 15) is 13.7 Å². The van der Waals surface area contributed by atoms with Crippen LogP contribution in [0.3, 0.4) is 0 Å². The summed E-state index contributed by atoms with van der Waals surface area (Å²) in [5.41, 5.74) is 1.12. The first-order chi connectivity index (χ1) is 9.76. The van der Waals surface area contributed by atoms with E-state index >= 15 is 0 Å². The van der Waals surface area contributed by atoms with Gasteiger partial charge in [0.25, 0.3) is 0 Å². The van der Waals surface area contributed by atoms with E-state index in [1.807, 2.05) is 13.0 Å². The van der Waals surface area contributed by atoms with E-state index in [4.69, 9.17) is 0 Å². The molecular weight excluding hydrogens is 289 g/mol. The highest BCUT2D eigenvalue weighted by molar-refractivity contribution is 7.85. The minimum Gasteiger partial charge on any atom is -0.390 e. The molecule has 1 fully saturated rings. The minimum atomic E-state index is -0.993. The molecule has 5 heteroatoms.